The molecule has 0 radical (unpaired) electrons. The second-order valence-corrected chi connectivity index (χ2v) is 3.58. The molecule has 0 aliphatic rings. The lowest BCUT2D eigenvalue weighted by Gasteiger charge is -1.89. The average molecular weight is 275 g/mol. The summed E-state index contributed by atoms with van der Waals surface area (Å²) in [6.07, 6.45) is 1.82. The van der Waals surface area contributed by atoms with Crippen LogP contribution in [0.15, 0.2) is 18.3 Å². The Labute approximate surface area is 82.4 Å². The molecular weight excluding hydrogens is 269 g/mol. The van der Waals surface area contributed by atoms with Gasteiger partial charge in [-0.25, -0.2) is 9.50 Å². The summed E-state index contributed by atoms with van der Waals surface area (Å²) >= 11 is 2.21. The number of aromatic nitrogens is 3. The van der Waals surface area contributed by atoms with Crippen molar-refractivity contribution in [3.05, 3.63) is 27.7 Å². The molecule has 0 amide bonds. The highest BCUT2D eigenvalue weighted by molar-refractivity contribution is 14.1. The van der Waals surface area contributed by atoms with Gasteiger partial charge < -0.3 is 5.11 Å². The second-order valence-electron chi connectivity index (χ2n) is 2.33. The highest BCUT2D eigenvalue weighted by Gasteiger charge is 2.00. The largest absolute Gasteiger partial charge is 0.388 e. The molecule has 0 aromatic carbocycles. The van der Waals surface area contributed by atoms with Crippen molar-refractivity contribution in [2.24, 2.45) is 0 Å². The summed E-state index contributed by atoms with van der Waals surface area (Å²) in [6, 6.07) is 3.84. The zero-order valence-corrected chi connectivity index (χ0v) is 8.26. The van der Waals surface area contributed by atoms with Crippen LogP contribution in [0.2, 0.25) is 0 Å². The van der Waals surface area contributed by atoms with Crippen LogP contribution in [0.5, 0.6) is 0 Å². The molecule has 5 heteroatoms. The molecule has 0 saturated carbocycles. The minimum absolute atomic E-state index is 0.113. The van der Waals surface area contributed by atoms with Gasteiger partial charge in [0.05, 0.1) is 0 Å². The van der Waals surface area contributed by atoms with E-state index >= 15 is 0 Å². The molecule has 0 saturated heterocycles. The van der Waals surface area contributed by atoms with Crippen molar-refractivity contribution < 1.29 is 5.11 Å². The zero-order valence-electron chi connectivity index (χ0n) is 6.11. The number of nitrogens with zero attached hydrogens (tertiary/aromatic N) is 3. The van der Waals surface area contributed by atoms with Gasteiger partial charge in [0.25, 0.3) is 0 Å². The number of rotatable bonds is 1. The molecule has 0 spiro atoms. The predicted molar refractivity (Wildman–Crippen MR) is 51.6 cm³/mol. The average Bonchev–Trinajstić information content (AvgIpc) is 2.46. The summed E-state index contributed by atoms with van der Waals surface area (Å²) in [5, 5.41) is 12.8. The number of aliphatic hydroxyl groups excluding tert-OH is 1. The van der Waals surface area contributed by atoms with E-state index < -0.39 is 0 Å². The van der Waals surface area contributed by atoms with E-state index in [1.807, 2.05) is 18.3 Å². The van der Waals surface area contributed by atoms with Gasteiger partial charge >= 0.3 is 0 Å². The van der Waals surface area contributed by atoms with Crippen LogP contribution >= 0.6 is 22.6 Å². The summed E-state index contributed by atoms with van der Waals surface area (Å²) < 4.78 is 2.75. The Bertz CT molecular complexity index is 412. The lowest BCUT2D eigenvalue weighted by Crippen LogP contribution is -1.88. The van der Waals surface area contributed by atoms with Gasteiger partial charge in [-0.1, -0.05) is 0 Å². The van der Waals surface area contributed by atoms with Gasteiger partial charge in [0, 0.05) is 9.77 Å². The van der Waals surface area contributed by atoms with Gasteiger partial charge in [-0.2, -0.15) is 0 Å². The van der Waals surface area contributed by atoms with E-state index in [4.69, 9.17) is 5.11 Å². The van der Waals surface area contributed by atoms with Crippen molar-refractivity contribution in [1.29, 1.82) is 0 Å². The molecule has 0 aliphatic carbocycles. The Balaban J connectivity index is 2.67. The number of hydrogen-bond donors (Lipinski definition) is 1. The summed E-state index contributed by atoms with van der Waals surface area (Å²) in [4.78, 5) is 4.09. The molecule has 2 heterocycles. The number of halogens is 1. The smallest absolute Gasteiger partial charge is 0.177 e. The van der Waals surface area contributed by atoms with Crippen LogP contribution in [0.1, 0.15) is 5.82 Å². The maximum absolute atomic E-state index is 8.77. The van der Waals surface area contributed by atoms with Gasteiger partial charge in [0.2, 0.25) is 0 Å². The highest BCUT2D eigenvalue weighted by Crippen LogP contribution is 2.07. The van der Waals surface area contributed by atoms with Crippen LogP contribution in [-0.2, 0) is 6.61 Å². The number of fused-ring (bicyclic) bond motifs is 1. The predicted octanol–water partition coefficient (Wildman–Crippen LogP) is 0.826. The summed E-state index contributed by atoms with van der Waals surface area (Å²) in [5.74, 6) is 0.456. The lowest BCUT2D eigenvalue weighted by atomic mass is 10.5. The van der Waals surface area contributed by atoms with Crippen molar-refractivity contribution in [1.82, 2.24) is 14.6 Å². The van der Waals surface area contributed by atoms with Gasteiger partial charge in [-0.3, -0.25) is 0 Å². The Kier molecular flexibility index (Phi) is 1.97. The summed E-state index contributed by atoms with van der Waals surface area (Å²) in [6.45, 7) is -0.113. The van der Waals surface area contributed by atoms with Crippen molar-refractivity contribution in [3.63, 3.8) is 0 Å². The molecule has 0 bridgehead atoms. The highest BCUT2D eigenvalue weighted by atomic mass is 127. The molecule has 4 nitrogen and oxygen atoms in total. The Morgan fingerprint density at radius 3 is 3.17 bits per heavy atom. The lowest BCUT2D eigenvalue weighted by molar-refractivity contribution is 0.271. The third-order valence-electron chi connectivity index (χ3n) is 1.48. The zero-order chi connectivity index (χ0) is 8.55. The molecule has 0 atom stereocenters. The first-order valence-electron chi connectivity index (χ1n) is 3.41. The fourth-order valence-electron chi connectivity index (χ4n) is 0.970. The minimum Gasteiger partial charge on any atom is -0.388 e. The second kappa shape index (κ2) is 2.98. The molecule has 12 heavy (non-hydrogen) atoms. The molecule has 0 aliphatic heterocycles. The van der Waals surface area contributed by atoms with E-state index in [1.54, 1.807) is 4.52 Å². The molecule has 2 rings (SSSR count). The number of pyridine rings is 1. The normalized spacial score (nSPS) is 10.8. The van der Waals surface area contributed by atoms with Crippen LogP contribution in [0.3, 0.4) is 0 Å². The third-order valence-corrected chi connectivity index (χ3v) is 2.16. The number of hydrogen-bond acceptors (Lipinski definition) is 3. The first-order chi connectivity index (χ1) is 5.79. The van der Waals surface area contributed by atoms with Crippen LogP contribution < -0.4 is 0 Å². The fraction of sp³-hybridized carbons (Fsp3) is 0.143. The first kappa shape index (κ1) is 7.93. The van der Waals surface area contributed by atoms with Gasteiger partial charge in [-0.05, 0) is 34.7 Å². The molecule has 2 aromatic heterocycles. The van der Waals surface area contributed by atoms with E-state index in [2.05, 4.69) is 32.7 Å². The van der Waals surface area contributed by atoms with E-state index in [1.165, 1.54) is 0 Å². The fourth-order valence-corrected chi connectivity index (χ4v) is 1.41. The quantitative estimate of drug-likeness (QED) is 0.784. The minimum atomic E-state index is -0.113. The topological polar surface area (TPSA) is 50.4 Å². The Hall–Kier alpha value is -0.690. The van der Waals surface area contributed by atoms with E-state index in [0.717, 1.165) is 9.22 Å². The van der Waals surface area contributed by atoms with Crippen molar-refractivity contribution in [2.45, 2.75) is 6.61 Å². The van der Waals surface area contributed by atoms with E-state index in [9.17, 15) is 0 Å². The molecule has 0 fully saturated rings. The molecule has 0 unspecified atom stereocenters. The molecule has 2 aromatic rings. The van der Waals surface area contributed by atoms with E-state index in [-0.39, 0.29) is 6.61 Å². The maximum Gasteiger partial charge on any atom is 0.177 e. The Morgan fingerprint density at radius 1 is 1.58 bits per heavy atom. The van der Waals surface area contributed by atoms with E-state index in [0.29, 0.717) is 5.82 Å². The Morgan fingerprint density at radius 2 is 2.42 bits per heavy atom. The van der Waals surface area contributed by atoms with Gasteiger partial charge in [0.15, 0.2) is 11.5 Å². The van der Waals surface area contributed by atoms with Crippen LogP contribution in [0.4, 0.5) is 0 Å². The molecule has 62 valence electrons. The van der Waals surface area contributed by atoms with Crippen molar-refractivity contribution in [3.8, 4) is 0 Å². The van der Waals surface area contributed by atoms with Gasteiger partial charge in [0.1, 0.15) is 6.61 Å². The summed E-state index contributed by atoms with van der Waals surface area (Å²) in [7, 11) is 0. The first-order valence-corrected chi connectivity index (χ1v) is 4.49. The number of aliphatic hydroxyl groups is 1. The monoisotopic (exact) mass is 275 g/mol. The van der Waals surface area contributed by atoms with Crippen LogP contribution in [-0.4, -0.2) is 19.7 Å². The SMILES string of the molecule is OCc1nc2cc(I)ccn2n1. The summed E-state index contributed by atoms with van der Waals surface area (Å²) in [5.41, 5.74) is 0.769. The third kappa shape index (κ3) is 1.29. The standard InChI is InChI=1S/C7H6IN3O/c8-5-1-2-11-7(3-5)9-6(4-12)10-11/h1-3,12H,4H2. The van der Waals surface area contributed by atoms with Crippen LogP contribution in [0.25, 0.3) is 5.65 Å². The van der Waals surface area contributed by atoms with Crippen LogP contribution in [0, 0.1) is 3.57 Å². The molecular formula is C7H6IN3O. The maximum atomic E-state index is 8.77. The molecule has 1 N–H and O–H groups in total. The van der Waals surface area contributed by atoms with Crippen molar-refractivity contribution >= 4 is 28.2 Å². The van der Waals surface area contributed by atoms with Crippen molar-refractivity contribution in [2.75, 3.05) is 0 Å². The van der Waals surface area contributed by atoms with Gasteiger partial charge in [-0.15, -0.1) is 5.10 Å².